The average molecular weight is 446 g/mol. The third-order valence-corrected chi connectivity index (χ3v) is 5.18. The first-order valence-electron chi connectivity index (χ1n) is 10.0. The Labute approximate surface area is 187 Å². The molecule has 0 amide bonds. The lowest BCUT2D eigenvalue weighted by Gasteiger charge is -2.14. The van der Waals surface area contributed by atoms with Crippen LogP contribution in [0.5, 0.6) is 17.2 Å². The van der Waals surface area contributed by atoms with Gasteiger partial charge in [-0.15, -0.1) is 0 Å². The van der Waals surface area contributed by atoms with Crippen molar-refractivity contribution in [3.8, 4) is 28.6 Å². The van der Waals surface area contributed by atoms with Crippen LogP contribution < -0.4 is 19.5 Å². The number of hydrogen-bond acceptors (Lipinski definition) is 6. The molecule has 3 aromatic rings. The van der Waals surface area contributed by atoms with Gasteiger partial charge < -0.3 is 29.6 Å². The summed E-state index contributed by atoms with van der Waals surface area (Å²) in [5.74, 6) is 2.82. The third-order valence-electron chi connectivity index (χ3n) is 4.81. The topological polar surface area (TPSA) is 88.6 Å². The minimum Gasteiger partial charge on any atom is -0.493 e. The van der Waals surface area contributed by atoms with Gasteiger partial charge in [0.1, 0.15) is 29.4 Å². The average Bonchev–Trinajstić information content (AvgIpc) is 3.13. The first-order valence-corrected chi connectivity index (χ1v) is 10.4. The standard InChI is InChI=1S/C23H28ClN3O4/c1-15-22(24)27-23(26-15)17-5-7-19(8-6-17)31-14-18(28)13-25-11-10-16-4-9-20(29-2)21(12-16)30-3/h4-9,12,18,25,28H,10-11,13-14H2,1-3H3,(H,26,27)/t18-/m0/s1. The van der Waals surface area contributed by atoms with E-state index in [4.69, 9.17) is 25.8 Å². The van der Waals surface area contributed by atoms with Gasteiger partial charge in [-0.1, -0.05) is 17.7 Å². The molecule has 7 nitrogen and oxygen atoms in total. The van der Waals surface area contributed by atoms with Gasteiger partial charge in [0.05, 0.1) is 19.9 Å². The lowest BCUT2D eigenvalue weighted by Crippen LogP contribution is -2.32. The first-order chi connectivity index (χ1) is 15.0. The van der Waals surface area contributed by atoms with Gasteiger partial charge in [0, 0.05) is 12.1 Å². The Bertz CT molecular complexity index is 956. The van der Waals surface area contributed by atoms with Crippen LogP contribution in [-0.2, 0) is 6.42 Å². The molecule has 0 aliphatic carbocycles. The van der Waals surface area contributed by atoms with E-state index < -0.39 is 6.10 Å². The summed E-state index contributed by atoms with van der Waals surface area (Å²) in [5, 5.41) is 13.9. The lowest BCUT2D eigenvalue weighted by molar-refractivity contribution is 0.106. The number of nitrogens with one attached hydrogen (secondary N) is 2. The second kappa shape index (κ2) is 11.0. The van der Waals surface area contributed by atoms with Gasteiger partial charge in [0.25, 0.3) is 0 Å². The number of nitrogens with zero attached hydrogens (tertiary/aromatic N) is 1. The van der Waals surface area contributed by atoms with Crippen molar-refractivity contribution in [1.82, 2.24) is 15.3 Å². The summed E-state index contributed by atoms with van der Waals surface area (Å²) in [4.78, 5) is 7.41. The van der Waals surface area contributed by atoms with Crippen LogP contribution in [0.2, 0.25) is 5.15 Å². The van der Waals surface area contributed by atoms with E-state index in [1.54, 1.807) is 14.2 Å². The van der Waals surface area contributed by atoms with Crippen LogP contribution in [0.3, 0.4) is 0 Å². The molecule has 2 aromatic carbocycles. The van der Waals surface area contributed by atoms with Crippen molar-refractivity contribution in [2.75, 3.05) is 33.9 Å². The number of aryl methyl sites for hydroxylation is 1. The first kappa shape index (κ1) is 22.9. The van der Waals surface area contributed by atoms with Gasteiger partial charge in [-0.25, -0.2) is 4.98 Å². The summed E-state index contributed by atoms with van der Waals surface area (Å²) < 4.78 is 16.3. The fourth-order valence-electron chi connectivity index (χ4n) is 3.07. The van der Waals surface area contributed by atoms with Crippen molar-refractivity contribution in [3.63, 3.8) is 0 Å². The predicted molar refractivity (Wildman–Crippen MR) is 121 cm³/mol. The van der Waals surface area contributed by atoms with Gasteiger partial charge in [0.2, 0.25) is 0 Å². The van der Waals surface area contributed by atoms with E-state index in [9.17, 15) is 5.11 Å². The molecule has 3 rings (SSSR count). The van der Waals surface area contributed by atoms with E-state index in [1.165, 1.54) is 0 Å². The molecule has 1 aromatic heterocycles. The molecule has 3 N–H and O–H groups in total. The minimum absolute atomic E-state index is 0.203. The number of rotatable bonds is 11. The summed E-state index contributed by atoms with van der Waals surface area (Å²) in [6.45, 7) is 3.25. The zero-order valence-corrected chi connectivity index (χ0v) is 18.7. The van der Waals surface area contributed by atoms with Gasteiger partial charge in [-0.05, 0) is 61.9 Å². The fraction of sp³-hybridized carbons (Fsp3) is 0.348. The molecule has 1 atom stereocenters. The molecule has 0 fully saturated rings. The number of aliphatic hydroxyl groups excluding tert-OH is 1. The van der Waals surface area contributed by atoms with Crippen LogP contribution >= 0.6 is 11.6 Å². The highest BCUT2D eigenvalue weighted by Gasteiger charge is 2.09. The van der Waals surface area contributed by atoms with Crippen molar-refractivity contribution in [2.24, 2.45) is 0 Å². The van der Waals surface area contributed by atoms with Gasteiger partial charge >= 0.3 is 0 Å². The monoisotopic (exact) mass is 445 g/mol. The van der Waals surface area contributed by atoms with Crippen molar-refractivity contribution in [3.05, 3.63) is 58.9 Å². The molecule has 31 heavy (non-hydrogen) atoms. The third kappa shape index (κ3) is 6.37. The van der Waals surface area contributed by atoms with Crippen molar-refractivity contribution >= 4 is 11.6 Å². The number of benzene rings is 2. The molecule has 0 saturated heterocycles. The van der Waals surface area contributed by atoms with Gasteiger partial charge in [-0.3, -0.25) is 0 Å². The Morgan fingerprint density at radius 3 is 2.48 bits per heavy atom. The second-order valence-electron chi connectivity index (χ2n) is 7.13. The molecule has 0 saturated carbocycles. The summed E-state index contributed by atoms with van der Waals surface area (Å²) in [6, 6.07) is 13.3. The molecular weight excluding hydrogens is 418 g/mol. The summed E-state index contributed by atoms with van der Waals surface area (Å²) in [5.41, 5.74) is 2.88. The molecule has 8 heteroatoms. The highest BCUT2D eigenvalue weighted by atomic mass is 35.5. The van der Waals surface area contributed by atoms with E-state index in [1.807, 2.05) is 49.4 Å². The SMILES string of the molecule is COc1ccc(CCNC[C@H](O)COc2ccc(-c3nc(Cl)c(C)[nH]3)cc2)cc1OC. The number of H-pyrrole nitrogens is 1. The largest absolute Gasteiger partial charge is 0.493 e. The maximum absolute atomic E-state index is 10.2. The molecule has 0 bridgehead atoms. The van der Waals surface area contributed by atoms with Crippen LogP contribution in [0.25, 0.3) is 11.4 Å². The predicted octanol–water partition coefficient (Wildman–Crippen LogP) is 3.63. The van der Waals surface area contributed by atoms with E-state index >= 15 is 0 Å². The Balaban J connectivity index is 1.39. The normalized spacial score (nSPS) is 11.9. The number of halogens is 1. The minimum atomic E-state index is -0.614. The van der Waals surface area contributed by atoms with Crippen LogP contribution in [0, 0.1) is 6.92 Å². The van der Waals surface area contributed by atoms with Crippen molar-refractivity contribution < 1.29 is 19.3 Å². The molecule has 0 unspecified atom stereocenters. The van der Waals surface area contributed by atoms with Crippen LogP contribution in [0.15, 0.2) is 42.5 Å². The molecule has 1 heterocycles. The van der Waals surface area contributed by atoms with E-state index in [0.717, 1.165) is 29.8 Å². The van der Waals surface area contributed by atoms with Crippen LogP contribution in [0.4, 0.5) is 0 Å². The number of methoxy groups -OCH3 is 2. The Kier molecular flexibility index (Phi) is 8.17. The molecular formula is C23H28ClN3O4. The zero-order chi connectivity index (χ0) is 22.2. The van der Waals surface area contributed by atoms with E-state index in [-0.39, 0.29) is 6.61 Å². The Hall–Kier alpha value is -2.74. The second-order valence-corrected chi connectivity index (χ2v) is 7.49. The van der Waals surface area contributed by atoms with E-state index in [0.29, 0.717) is 34.8 Å². The number of aliphatic hydroxyl groups is 1. The van der Waals surface area contributed by atoms with Crippen molar-refractivity contribution in [2.45, 2.75) is 19.4 Å². The quantitative estimate of drug-likeness (QED) is 0.390. The molecule has 166 valence electrons. The molecule has 0 aliphatic heterocycles. The molecule has 0 spiro atoms. The zero-order valence-electron chi connectivity index (χ0n) is 17.9. The molecule has 0 radical (unpaired) electrons. The van der Waals surface area contributed by atoms with Crippen LogP contribution in [-0.4, -0.2) is 55.1 Å². The lowest BCUT2D eigenvalue weighted by atomic mass is 10.1. The summed E-state index contributed by atoms with van der Waals surface area (Å²) >= 11 is 6.00. The number of aromatic nitrogens is 2. The van der Waals surface area contributed by atoms with Gasteiger partial charge in [0.15, 0.2) is 11.5 Å². The number of imidazole rings is 1. The number of ether oxygens (including phenoxy) is 3. The highest BCUT2D eigenvalue weighted by molar-refractivity contribution is 6.30. The number of hydrogen-bond donors (Lipinski definition) is 3. The maximum atomic E-state index is 10.2. The maximum Gasteiger partial charge on any atom is 0.160 e. The number of aromatic amines is 1. The van der Waals surface area contributed by atoms with Crippen molar-refractivity contribution in [1.29, 1.82) is 0 Å². The summed E-state index contributed by atoms with van der Waals surface area (Å²) in [7, 11) is 3.24. The van der Waals surface area contributed by atoms with Gasteiger partial charge in [-0.2, -0.15) is 0 Å². The van der Waals surface area contributed by atoms with Crippen LogP contribution in [0.1, 0.15) is 11.3 Å². The Morgan fingerprint density at radius 1 is 1.10 bits per heavy atom. The van der Waals surface area contributed by atoms with E-state index in [2.05, 4.69) is 15.3 Å². The smallest absolute Gasteiger partial charge is 0.160 e. The summed E-state index contributed by atoms with van der Waals surface area (Å²) in [6.07, 6.45) is 0.197. The molecule has 0 aliphatic rings. The fourth-order valence-corrected chi connectivity index (χ4v) is 3.21. The highest BCUT2D eigenvalue weighted by Crippen LogP contribution is 2.27. The Morgan fingerprint density at radius 2 is 1.84 bits per heavy atom.